The van der Waals surface area contributed by atoms with Gasteiger partial charge in [-0.3, -0.25) is 33.9 Å². The quantitative estimate of drug-likeness (QED) is 0.0777. The van der Waals surface area contributed by atoms with Crippen molar-refractivity contribution in [2.45, 2.75) is 45.8 Å². The third-order valence-electron chi connectivity index (χ3n) is 8.19. The van der Waals surface area contributed by atoms with Crippen molar-refractivity contribution >= 4 is 29.5 Å². The van der Waals surface area contributed by atoms with Crippen LogP contribution >= 0.6 is 0 Å². The lowest BCUT2D eigenvalue weighted by Gasteiger charge is -2.40. The fourth-order valence-electron chi connectivity index (χ4n) is 5.72. The van der Waals surface area contributed by atoms with Gasteiger partial charge in [-0.05, 0) is 35.6 Å². The highest BCUT2D eigenvalue weighted by Gasteiger charge is 2.39. The van der Waals surface area contributed by atoms with Gasteiger partial charge in [-0.1, -0.05) is 51.1 Å². The van der Waals surface area contributed by atoms with Gasteiger partial charge in [0.2, 0.25) is 11.8 Å². The topological polar surface area (TPSA) is 197 Å². The number of imide groups is 1. The standard InChI is InChI=1S/C35H42F2N8O6/c1-35(2,3)32(33-41-27(24-17-23(36)9-10-25(24)37)19-42(33)18-22-7-5-4-6-8-22)44(31(50)21-46)15-13-26(38)34(51)45(39)20-28(47)40-14-16-43-29(48)11-12-30(43)49/h4-12,17,19,26,32,46H,13-16,18,20-21,38-39H2,1-3H3,(H,40,47)/t26-,32-/m0/s1. The van der Waals surface area contributed by atoms with Gasteiger partial charge in [-0.15, -0.1) is 0 Å². The van der Waals surface area contributed by atoms with Crippen molar-refractivity contribution in [1.82, 2.24) is 29.7 Å². The lowest BCUT2D eigenvalue weighted by Crippen LogP contribution is -2.53. The molecule has 3 aromatic rings. The van der Waals surface area contributed by atoms with Crippen molar-refractivity contribution in [3.05, 3.63) is 89.9 Å². The van der Waals surface area contributed by atoms with E-state index in [1.54, 1.807) is 10.8 Å². The molecule has 1 aromatic heterocycles. The molecule has 14 nitrogen and oxygen atoms in total. The first-order valence-electron chi connectivity index (χ1n) is 16.2. The number of hydrogen-bond donors (Lipinski definition) is 4. The molecule has 6 N–H and O–H groups in total. The first-order valence-corrected chi connectivity index (χ1v) is 16.2. The van der Waals surface area contributed by atoms with Crippen LogP contribution in [0.3, 0.4) is 0 Å². The minimum absolute atomic E-state index is 0.0634. The van der Waals surface area contributed by atoms with Gasteiger partial charge in [0.1, 0.15) is 30.6 Å². The third-order valence-corrected chi connectivity index (χ3v) is 8.19. The van der Waals surface area contributed by atoms with Gasteiger partial charge < -0.3 is 25.6 Å². The number of aromatic nitrogens is 2. The molecule has 2 atom stereocenters. The van der Waals surface area contributed by atoms with Crippen LogP contribution in [0.15, 0.2) is 66.9 Å². The second-order valence-corrected chi connectivity index (χ2v) is 13.1. The number of amides is 5. The molecule has 2 heterocycles. The van der Waals surface area contributed by atoms with E-state index in [1.807, 2.05) is 51.1 Å². The Labute approximate surface area is 293 Å². The van der Waals surface area contributed by atoms with E-state index in [0.717, 1.165) is 40.8 Å². The van der Waals surface area contributed by atoms with E-state index in [4.69, 9.17) is 16.6 Å². The summed E-state index contributed by atoms with van der Waals surface area (Å²) in [6.07, 6.45) is 3.68. The molecule has 0 saturated heterocycles. The Morgan fingerprint density at radius 1 is 1.04 bits per heavy atom. The minimum atomic E-state index is -1.27. The molecule has 51 heavy (non-hydrogen) atoms. The summed E-state index contributed by atoms with van der Waals surface area (Å²) < 4.78 is 30.9. The predicted molar refractivity (Wildman–Crippen MR) is 181 cm³/mol. The first kappa shape index (κ1) is 38.5. The zero-order chi connectivity index (χ0) is 37.5. The number of rotatable bonds is 15. The zero-order valence-corrected chi connectivity index (χ0v) is 28.6. The molecule has 0 fully saturated rings. The predicted octanol–water partition coefficient (Wildman–Crippen LogP) is 1.25. The number of hydrogen-bond acceptors (Lipinski definition) is 9. The Kier molecular flexibility index (Phi) is 12.5. The van der Waals surface area contributed by atoms with Crippen molar-refractivity contribution in [2.24, 2.45) is 17.0 Å². The van der Waals surface area contributed by atoms with Crippen LogP contribution in [0.4, 0.5) is 8.78 Å². The number of nitrogens with one attached hydrogen (secondary N) is 1. The smallest absolute Gasteiger partial charge is 0.253 e. The van der Waals surface area contributed by atoms with Crippen LogP contribution in [0.1, 0.15) is 44.6 Å². The molecule has 0 spiro atoms. The molecule has 0 radical (unpaired) electrons. The average molecular weight is 709 g/mol. The van der Waals surface area contributed by atoms with Gasteiger partial charge >= 0.3 is 0 Å². The molecule has 272 valence electrons. The maximum atomic E-state index is 15.0. The fourth-order valence-corrected chi connectivity index (χ4v) is 5.72. The molecule has 2 aromatic carbocycles. The largest absolute Gasteiger partial charge is 0.387 e. The summed E-state index contributed by atoms with van der Waals surface area (Å²) in [5.41, 5.74) is 6.36. The number of halogens is 2. The van der Waals surface area contributed by atoms with Crippen molar-refractivity contribution in [2.75, 3.05) is 32.8 Å². The highest BCUT2D eigenvalue weighted by atomic mass is 19.1. The number of imidazole rings is 1. The van der Waals surface area contributed by atoms with Crippen LogP contribution in [-0.2, 0) is 30.5 Å². The van der Waals surface area contributed by atoms with Crippen LogP contribution in [-0.4, -0.2) is 97.8 Å². The molecular formula is C35H42F2N8O6. The summed E-state index contributed by atoms with van der Waals surface area (Å²) in [5.74, 6) is 1.66. The zero-order valence-electron chi connectivity index (χ0n) is 28.6. The normalized spacial score (nSPS) is 14.1. The first-order chi connectivity index (χ1) is 24.1. The van der Waals surface area contributed by atoms with E-state index in [9.17, 15) is 37.9 Å². The van der Waals surface area contributed by atoms with E-state index >= 15 is 0 Å². The maximum Gasteiger partial charge on any atom is 0.253 e. The Morgan fingerprint density at radius 3 is 2.33 bits per heavy atom. The van der Waals surface area contributed by atoms with Gasteiger partial charge in [-0.2, -0.15) is 0 Å². The summed E-state index contributed by atoms with van der Waals surface area (Å²) in [4.78, 5) is 69.2. The second-order valence-electron chi connectivity index (χ2n) is 13.1. The lowest BCUT2D eigenvalue weighted by atomic mass is 9.84. The van der Waals surface area contributed by atoms with E-state index in [2.05, 4.69) is 5.32 Å². The number of nitrogens with two attached hydrogens (primary N) is 2. The monoisotopic (exact) mass is 708 g/mol. The molecule has 0 saturated carbocycles. The van der Waals surface area contributed by atoms with E-state index in [-0.39, 0.29) is 43.9 Å². The number of carbonyl (C=O) groups is 5. The molecule has 1 aliphatic rings. The highest BCUT2D eigenvalue weighted by molar-refractivity contribution is 6.12. The fraction of sp³-hybridized carbons (Fsp3) is 0.371. The van der Waals surface area contributed by atoms with Crippen LogP contribution in [0.2, 0.25) is 0 Å². The van der Waals surface area contributed by atoms with E-state index in [0.29, 0.717) is 10.8 Å². The summed E-state index contributed by atoms with van der Waals surface area (Å²) >= 11 is 0. The van der Waals surface area contributed by atoms with Crippen molar-refractivity contribution < 1.29 is 37.9 Å². The molecular weight excluding hydrogens is 666 g/mol. The number of aliphatic hydroxyl groups is 1. The van der Waals surface area contributed by atoms with E-state index in [1.165, 1.54) is 4.90 Å². The molecule has 4 rings (SSSR count). The van der Waals surface area contributed by atoms with Gasteiger partial charge in [0, 0.05) is 50.1 Å². The summed E-state index contributed by atoms with van der Waals surface area (Å²) in [5, 5.41) is 13.1. The van der Waals surface area contributed by atoms with Gasteiger partial charge in [-0.25, -0.2) is 19.6 Å². The van der Waals surface area contributed by atoms with Crippen LogP contribution in [0.5, 0.6) is 0 Å². The Balaban J connectivity index is 1.54. The Bertz CT molecular complexity index is 1770. The summed E-state index contributed by atoms with van der Waals surface area (Å²) in [6.45, 7) is 4.05. The van der Waals surface area contributed by atoms with Gasteiger partial charge in [0.25, 0.3) is 17.7 Å². The van der Waals surface area contributed by atoms with Crippen molar-refractivity contribution in [3.63, 3.8) is 0 Å². The molecule has 0 bridgehead atoms. The van der Waals surface area contributed by atoms with E-state index < -0.39 is 71.8 Å². The number of aliphatic hydroxyl groups excluding tert-OH is 1. The van der Waals surface area contributed by atoms with Crippen LogP contribution in [0, 0.1) is 17.0 Å². The summed E-state index contributed by atoms with van der Waals surface area (Å²) in [6, 6.07) is 10.2. The van der Waals surface area contributed by atoms with Gasteiger partial charge in [0.05, 0.1) is 17.8 Å². The molecule has 1 aliphatic heterocycles. The Hall–Kier alpha value is -5.32. The molecule has 0 unspecified atom stereocenters. The van der Waals surface area contributed by atoms with Crippen molar-refractivity contribution in [3.8, 4) is 11.3 Å². The van der Waals surface area contributed by atoms with Gasteiger partial charge in [0.15, 0.2) is 0 Å². The number of nitrogens with zero attached hydrogens (tertiary/aromatic N) is 5. The maximum absolute atomic E-state index is 15.0. The third kappa shape index (κ3) is 9.68. The average Bonchev–Trinajstić information content (AvgIpc) is 3.64. The highest BCUT2D eigenvalue weighted by Crippen LogP contribution is 2.39. The summed E-state index contributed by atoms with van der Waals surface area (Å²) in [7, 11) is 0. The molecule has 5 amide bonds. The number of hydrazine groups is 1. The van der Waals surface area contributed by atoms with Crippen molar-refractivity contribution in [1.29, 1.82) is 0 Å². The number of carbonyl (C=O) groups excluding carboxylic acids is 5. The minimum Gasteiger partial charge on any atom is -0.387 e. The lowest BCUT2D eigenvalue weighted by molar-refractivity contribution is -0.141. The number of benzene rings is 2. The van der Waals surface area contributed by atoms with Crippen LogP contribution in [0.25, 0.3) is 11.3 Å². The molecule has 0 aliphatic carbocycles. The van der Waals surface area contributed by atoms with Crippen LogP contribution < -0.4 is 16.9 Å². The Morgan fingerprint density at radius 2 is 1.71 bits per heavy atom. The second kappa shape index (κ2) is 16.6. The molecule has 16 heteroatoms. The SMILES string of the molecule is CC(C)(C)[C@H](c1nc(-c2cc(F)ccc2F)cn1Cc1ccccc1)N(CC[C@H](N)C(=O)N(N)CC(=O)NCCN1C(=O)C=CC1=O)C(=O)CO.